The van der Waals surface area contributed by atoms with Gasteiger partial charge < -0.3 is 15.2 Å². The Morgan fingerprint density at radius 3 is 2.60 bits per heavy atom. The number of amides is 1. The number of hydrogen-bond acceptors (Lipinski definition) is 4. The van der Waals surface area contributed by atoms with E-state index >= 15 is 0 Å². The van der Waals surface area contributed by atoms with E-state index in [1.807, 2.05) is 0 Å². The van der Waals surface area contributed by atoms with Crippen LogP contribution in [0, 0.1) is 0 Å². The summed E-state index contributed by atoms with van der Waals surface area (Å²) in [5, 5.41) is 11.1. The number of aliphatic carboxylic acids is 1. The molecular weight excluding hydrogens is 200 g/mol. The molecule has 0 aromatic rings. The van der Waals surface area contributed by atoms with Gasteiger partial charge in [-0.2, -0.15) is 0 Å². The summed E-state index contributed by atoms with van der Waals surface area (Å²) in [5.41, 5.74) is 0. The average molecular weight is 218 g/mol. The minimum Gasteiger partial charge on any atom is -0.480 e. The molecule has 0 aliphatic heterocycles. The van der Waals surface area contributed by atoms with Crippen LogP contribution in [0.1, 0.15) is 6.42 Å². The summed E-state index contributed by atoms with van der Waals surface area (Å²) in [4.78, 5) is 23.0. The molecule has 1 amide bonds. The molecule has 0 aliphatic rings. The van der Waals surface area contributed by atoms with Gasteiger partial charge >= 0.3 is 5.97 Å². The summed E-state index contributed by atoms with van der Waals surface area (Å²) in [6, 6.07) is 0. The number of carbonyl (C=O) groups excluding carboxylic acids is 1. The highest BCUT2D eigenvalue weighted by Crippen LogP contribution is 1.83. The molecule has 15 heavy (non-hydrogen) atoms. The van der Waals surface area contributed by atoms with Gasteiger partial charge in [-0.05, 0) is 13.5 Å². The lowest BCUT2D eigenvalue weighted by molar-refractivity contribution is -0.138. The number of hydrogen-bond donors (Lipinski definition) is 2. The number of likely N-dealkylation sites (N-methyl/N-ethyl adjacent to an activating group) is 1. The Morgan fingerprint density at radius 1 is 1.40 bits per heavy atom. The fraction of sp³-hybridized carbons (Fsp3) is 0.778. The van der Waals surface area contributed by atoms with E-state index in [9.17, 15) is 9.59 Å². The first-order chi connectivity index (χ1) is 7.06. The standard InChI is InChI=1S/C9H18N2O4/c1-11(7-9(13)14)6-8(12)10-4-3-5-15-2/h3-7H2,1-2H3,(H,10,12)(H,13,14). The molecule has 0 rings (SSSR count). The molecule has 0 aliphatic carbocycles. The van der Waals surface area contributed by atoms with Gasteiger partial charge in [-0.25, -0.2) is 0 Å². The Morgan fingerprint density at radius 2 is 2.07 bits per heavy atom. The Labute approximate surface area is 89.2 Å². The van der Waals surface area contributed by atoms with E-state index in [4.69, 9.17) is 9.84 Å². The molecule has 0 aromatic heterocycles. The average Bonchev–Trinajstić information content (AvgIpc) is 2.10. The number of nitrogens with zero attached hydrogens (tertiary/aromatic N) is 1. The number of rotatable bonds is 8. The van der Waals surface area contributed by atoms with Crippen molar-refractivity contribution in [2.45, 2.75) is 6.42 Å². The van der Waals surface area contributed by atoms with Crippen LogP contribution in [0.4, 0.5) is 0 Å². The van der Waals surface area contributed by atoms with E-state index in [-0.39, 0.29) is 19.0 Å². The van der Waals surface area contributed by atoms with Crippen LogP contribution in [0.3, 0.4) is 0 Å². The first-order valence-electron chi connectivity index (χ1n) is 4.72. The van der Waals surface area contributed by atoms with Gasteiger partial charge in [-0.1, -0.05) is 0 Å². The van der Waals surface area contributed by atoms with Crippen LogP contribution in [0.25, 0.3) is 0 Å². The van der Waals surface area contributed by atoms with E-state index in [2.05, 4.69) is 5.32 Å². The fourth-order valence-corrected chi connectivity index (χ4v) is 1.03. The number of carboxylic acids is 1. The van der Waals surface area contributed by atoms with Crippen molar-refractivity contribution in [3.8, 4) is 0 Å². The van der Waals surface area contributed by atoms with Crippen molar-refractivity contribution in [2.24, 2.45) is 0 Å². The molecule has 0 aromatic carbocycles. The molecule has 0 spiro atoms. The van der Waals surface area contributed by atoms with E-state index in [0.717, 1.165) is 6.42 Å². The number of methoxy groups -OCH3 is 1. The Bertz CT molecular complexity index is 208. The third-order valence-corrected chi connectivity index (χ3v) is 1.67. The van der Waals surface area contributed by atoms with Crippen molar-refractivity contribution in [2.75, 3.05) is 40.4 Å². The third kappa shape index (κ3) is 9.17. The van der Waals surface area contributed by atoms with Crippen LogP contribution in [0.2, 0.25) is 0 Å². The number of ether oxygens (including phenoxy) is 1. The lowest BCUT2D eigenvalue weighted by Gasteiger charge is -2.13. The molecule has 0 bridgehead atoms. The highest BCUT2D eigenvalue weighted by Gasteiger charge is 2.08. The zero-order valence-corrected chi connectivity index (χ0v) is 9.15. The maximum Gasteiger partial charge on any atom is 0.317 e. The summed E-state index contributed by atoms with van der Waals surface area (Å²) in [7, 11) is 3.19. The van der Waals surface area contributed by atoms with E-state index in [1.54, 1.807) is 14.2 Å². The topological polar surface area (TPSA) is 78.9 Å². The van der Waals surface area contributed by atoms with Gasteiger partial charge in [0.05, 0.1) is 13.1 Å². The SMILES string of the molecule is COCCCNC(=O)CN(C)CC(=O)O. The largest absolute Gasteiger partial charge is 0.480 e. The molecule has 0 atom stereocenters. The van der Waals surface area contributed by atoms with Gasteiger partial charge in [-0.15, -0.1) is 0 Å². The zero-order valence-electron chi connectivity index (χ0n) is 9.15. The monoisotopic (exact) mass is 218 g/mol. The molecule has 0 saturated carbocycles. The molecule has 88 valence electrons. The van der Waals surface area contributed by atoms with Gasteiger partial charge in [0.1, 0.15) is 0 Å². The zero-order chi connectivity index (χ0) is 11.7. The molecule has 0 saturated heterocycles. The molecule has 0 radical (unpaired) electrons. The van der Waals surface area contributed by atoms with Crippen molar-refractivity contribution < 1.29 is 19.4 Å². The minimum atomic E-state index is -0.940. The van der Waals surface area contributed by atoms with Crippen molar-refractivity contribution in [1.82, 2.24) is 10.2 Å². The maximum absolute atomic E-state index is 11.2. The van der Waals surface area contributed by atoms with Crippen molar-refractivity contribution in [3.63, 3.8) is 0 Å². The Kier molecular flexibility index (Phi) is 7.57. The van der Waals surface area contributed by atoms with Crippen molar-refractivity contribution in [3.05, 3.63) is 0 Å². The fourth-order valence-electron chi connectivity index (χ4n) is 1.03. The first kappa shape index (κ1) is 13.9. The second-order valence-electron chi connectivity index (χ2n) is 3.26. The molecule has 2 N–H and O–H groups in total. The summed E-state index contributed by atoms with van der Waals surface area (Å²) >= 11 is 0. The number of nitrogens with one attached hydrogen (secondary N) is 1. The minimum absolute atomic E-state index is 0.0965. The predicted molar refractivity (Wildman–Crippen MR) is 54.6 cm³/mol. The second kappa shape index (κ2) is 8.19. The lowest BCUT2D eigenvalue weighted by Crippen LogP contribution is -2.38. The molecule has 0 heterocycles. The van der Waals surface area contributed by atoms with Crippen molar-refractivity contribution in [1.29, 1.82) is 0 Å². The Balaban J connectivity index is 3.51. The molecule has 0 fully saturated rings. The van der Waals surface area contributed by atoms with Gasteiger partial charge in [0.2, 0.25) is 5.91 Å². The third-order valence-electron chi connectivity index (χ3n) is 1.67. The van der Waals surface area contributed by atoms with Gasteiger partial charge in [-0.3, -0.25) is 14.5 Å². The lowest BCUT2D eigenvalue weighted by atomic mass is 10.4. The predicted octanol–water partition coefficient (Wildman–Crippen LogP) is -0.844. The highest BCUT2D eigenvalue weighted by molar-refractivity contribution is 5.78. The summed E-state index contributed by atoms with van der Waals surface area (Å²) in [5.74, 6) is -1.11. The molecule has 6 heteroatoms. The van der Waals surface area contributed by atoms with Crippen molar-refractivity contribution >= 4 is 11.9 Å². The first-order valence-corrected chi connectivity index (χ1v) is 4.72. The molecule has 6 nitrogen and oxygen atoms in total. The van der Waals surface area contributed by atoms with Crippen LogP contribution in [-0.4, -0.2) is 62.3 Å². The summed E-state index contributed by atoms with van der Waals surface area (Å²) in [6.07, 6.45) is 0.755. The van der Waals surface area contributed by atoms with Crippen LogP contribution >= 0.6 is 0 Å². The molecule has 0 unspecified atom stereocenters. The number of carbonyl (C=O) groups is 2. The normalized spacial score (nSPS) is 10.3. The Hall–Kier alpha value is -1.14. The maximum atomic E-state index is 11.2. The van der Waals surface area contributed by atoms with Crippen LogP contribution < -0.4 is 5.32 Å². The summed E-state index contributed by atoms with van der Waals surface area (Å²) in [6.45, 7) is 1.11. The van der Waals surface area contributed by atoms with Gasteiger partial charge in [0.15, 0.2) is 0 Å². The van der Waals surface area contributed by atoms with Gasteiger partial charge in [0, 0.05) is 20.3 Å². The molecular formula is C9H18N2O4. The smallest absolute Gasteiger partial charge is 0.317 e. The van der Waals surface area contributed by atoms with E-state index in [1.165, 1.54) is 4.90 Å². The van der Waals surface area contributed by atoms with Crippen LogP contribution in [0.5, 0.6) is 0 Å². The summed E-state index contributed by atoms with van der Waals surface area (Å²) < 4.78 is 4.82. The van der Waals surface area contributed by atoms with Crippen LogP contribution in [0.15, 0.2) is 0 Å². The van der Waals surface area contributed by atoms with E-state index in [0.29, 0.717) is 13.2 Å². The van der Waals surface area contributed by atoms with E-state index < -0.39 is 5.97 Å². The highest BCUT2D eigenvalue weighted by atomic mass is 16.5. The number of carboxylic acid groups (broad SMARTS) is 1. The quantitative estimate of drug-likeness (QED) is 0.519. The van der Waals surface area contributed by atoms with Crippen LogP contribution in [-0.2, 0) is 14.3 Å². The second-order valence-corrected chi connectivity index (χ2v) is 3.26. The van der Waals surface area contributed by atoms with Gasteiger partial charge in [0.25, 0.3) is 0 Å².